The van der Waals surface area contributed by atoms with Gasteiger partial charge in [-0.1, -0.05) is 26.2 Å². The fraction of sp³-hybridized carbons (Fsp3) is 0.933. The predicted molar refractivity (Wildman–Crippen MR) is 74.4 cm³/mol. The molecule has 1 aliphatic carbocycles. The minimum absolute atomic E-state index is 0.110. The lowest BCUT2D eigenvalue weighted by atomic mass is 9.74. The van der Waals surface area contributed by atoms with Crippen LogP contribution in [-0.2, 0) is 4.79 Å². The largest absolute Gasteiger partial charge is 0.351 e. The molecule has 1 saturated carbocycles. The lowest BCUT2D eigenvalue weighted by Gasteiger charge is -2.38. The summed E-state index contributed by atoms with van der Waals surface area (Å²) >= 11 is 0. The van der Waals surface area contributed by atoms with Crippen molar-refractivity contribution in [3.05, 3.63) is 0 Å². The maximum absolute atomic E-state index is 12.5. The highest BCUT2D eigenvalue weighted by molar-refractivity contribution is 5.82. The van der Waals surface area contributed by atoms with Crippen LogP contribution in [0.1, 0.15) is 65.7 Å². The van der Waals surface area contributed by atoms with Crippen molar-refractivity contribution in [2.45, 2.75) is 83.8 Å². The summed E-state index contributed by atoms with van der Waals surface area (Å²) in [7, 11) is 0. The first kappa shape index (κ1) is 13.9. The van der Waals surface area contributed by atoms with E-state index in [0.717, 1.165) is 25.7 Å². The molecular weight excluding hydrogens is 224 g/mol. The van der Waals surface area contributed by atoms with Crippen LogP contribution >= 0.6 is 0 Å². The maximum atomic E-state index is 12.5. The summed E-state index contributed by atoms with van der Waals surface area (Å²) in [4.78, 5) is 12.5. The second-order valence-electron chi connectivity index (χ2n) is 6.64. The van der Waals surface area contributed by atoms with Gasteiger partial charge in [0, 0.05) is 23.5 Å². The van der Waals surface area contributed by atoms with Crippen molar-refractivity contribution in [1.82, 2.24) is 10.6 Å². The second kappa shape index (κ2) is 5.60. The van der Waals surface area contributed by atoms with Crippen LogP contribution in [0.15, 0.2) is 0 Å². The van der Waals surface area contributed by atoms with E-state index in [4.69, 9.17) is 0 Å². The van der Waals surface area contributed by atoms with Gasteiger partial charge >= 0.3 is 0 Å². The van der Waals surface area contributed by atoms with Gasteiger partial charge in [-0.15, -0.1) is 0 Å². The minimum Gasteiger partial charge on any atom is -0.351 e. The topological polar surface area (TPSA) is 41.1 Å². The zero-order chi connectivity index (χ0) is 13.2. The van der Waals surface area contributed by atoms with Gasteiger partial charge in [0.1, 0.15) is 0 Å². The number of hydrogen-bond donors (Lipinski definition) is 2. The molecule has 2 fully saturated rings. The number of nitrogens with one attached hydrogen (secondary N) is 2. The van der Waals surface area contributed by atoms with Crippen molar-refractivity contribution in [2.75, 3.05) is 0 Å². The van der Waals surface area contributed by atoms with Crippen LogP contribution in [0, 0.1) is 5.41 Å². The molecule has 1 saturated heterocycles. The molecule has 3 heteroatoms. The van der Waals surface area contributed by atoms with Crippen molar-refractivity contribution in [1.29, 1.82) is 0 Å². The Morgan fingerprint density at radius 1 is 1.17 bits per heavy atom. The molecule has 2 rings (SSSR count). The Kier molecular flexibility index (Phi) is 4.31. The van der Waals surface area contributed by atoms with Gasteiger partial charge in [0.15, 0.2) is 0 Å². The first-order valence-corrected chi connectivity index (χ1v) is 7.58. The van der Waals surface area contributed by atoms with Crippen molar-refractivity contribution in [3.8, 4) is 0 Å². The molecule has 0 aromatic carbocycles. The zero-order valence-electron chi connectivity index (χ0n) is 12.1. The van der Waals surface area contributed by atoms with E-state index in [0.29, 0.717) is 18.1 Å². The van der Waals surface area contributed by atoms with Gasteiger partial charge in [-0.3, -0.25) is 4.79 Å². The standard InChI is InChI=1S/C15H28N2O/c1-11-7-8-13(12(2)16-11)17-14(18)15(3)9-5-4-6-10-15/h11-13,16H,4-10H2,1-3H3,(H,17,18). The van der Waals surface area contributed by atoms with E-state index >= 15 is 0 Å². The number of piperidine rings is 1. The molecule has 1 heterocycles. The summed E-state index contributed by atoms with van der Waals surface area (Å²) in [6.45, 7) is 6.55. The molecule has 0 radical (unpaired) electrons. The summed E-state index contributed by atoms with van der Waals surface area (Å²) in [6.07, 6.45) is 8.09. The molecule has 1 aliphatic heterocycles. The van der Waals surface area contributed by atoms with Crippen molar-refractivity contribution >= 4 is 5.91 Å². The Balaban J connectivity index is 1.90. The highest BCUT2D eigenvalue weighted by Crippen LogP contribution is 2.36. The van der Waals surface area contributed by atoms with Crippen LogP contribution in [0.2, 0.25) is 0 Å². The van der Waals surface area contributed by atoms with Crippen LogP contribution < -0.4 is 10.6 Å². The van der Waals surface area contributed by atoms with E-state index in [2.05, 4.69) is 31.4 Å². The van der Waals surface area contributed by atoms with E-state index in [1.165, 1.54) is 19.3 Å². The van der Waals surface area contributed by atoms with Gasteiger partial charge in [-0.25, -0.2) is 0 Å². The van der Waals surface area contributed by atoms with Crippen LogP contribution in [0.3, 0.4) is 0 Å². The Morgan fingerprint density at radius 2 is 1.83 bits per heavy atom. The molecule has 3 unspecified atom stereocenters. The SMILES string of the molecule is CC1CCC(NC(=O)C2(C)CCCCC2)C(C)N1. The van der Waals surface area contributed by atoms with Gasteiger partial charge in [-0.05, 0) is 39.5 Å². The number of rotatable bonds is 2. The van der Waals surface area contributed by atoms with Crippen LogP contribution in [-0.4, -0.2) is 24.0 Å². The number of carbonyl (C=O) groups excluding carboxylic acids is 1. The fourth-order valence-electron chi connectivity index (χ4n) is 3.43. The Bertz CT molecular complexity index is 297. The fourth-order valence-corrected chi connectivity index (χ4v) is 3.43. The zero-order valence-corrected chi connectivity index (χ0v) is 12.1. The predicted octanol–water partition coefficient (Wildman–Crippen LogP) is 2.60. The molecule has 104 valence electrons. The molecule has 3 atom stereocenters. The number of hydrogen-bond acceptors (Lipinski definition) is 2. The Labute approximate surface area is 111 Å². The van der Waals surface area contributed by atoms with E-state index in [1.54, 1.807) is 0 Å². The molecule has 0 bridgehead atoms. The molecule has 2 aliphatic rings. The molecule has 2 N–H and O–H groups in total. The van der Waals surface area contributed by atoms with E-state index in [-0.39, 0.29) is 11.3 Å². The molecule has 0 spiro atoms. The summed E-state index contributed by atoms with van der Waals surface area (Å²) in [5, 5.41) is 6.83. The molecule has 18 heavy (non-hydrogen) atoms. The first-order chi connectivity index (χ1) is 8.51. The van der Waals surface area contributed by atoms with Gasteiger partial charge in [0.2, 0.25) is 5.91 Å². The normalized spacial score (nSPS) is 36.1. The van der Waals surface area contributed by atoms with Gasteiger partial charge in [-0.2, -0.15) is 0 Å². The molecular formula is C15H28N2O. The van der Waals surface area contributed by atoms with E-state index < -0.39 is 0 Å². The van der Waals surface area contributed by atoms with Crippen LogP contribution in [0.4, 0.5) is 0 Å². The second-order valence-corrected chi connectivity index (χ2v) is 6.64. The quantitative estimate of drug-likeness (QED) is 0.793. The van der Waals surface area contributed by atoms with Crippen LogP contribution in [0.25, 0.3) is 0 Å². The highest BCUT2D eigenvalue weighted by Gasteiger charge is 2.36. The Hall–Kier alpha value is -0.570. The number of amides is 1. The number of carbonyl (C=O) groups is 1. The highest BCUT2D eigenvalue weighted by atomic mass is 16.2. The van der Waals surface area contributed by atoms with E-state index in [9.17, 15) is 4.79 Å². The average molecular weight is 252 g/mol. The van der Waals surface area contributed by atoms with Crippen molar-refractivity contribution in [3.63, 3.8) is 0 Å². The maximum Gasteiger partial charge on any atom is 0.226 e. The molecule has 3 nitrogen and oxygen atoms in total. The van der Waals surface area contributed by atoms with Crippen LogP contribution in [0.5, 0.6) is 0 Å². The van der Waals surface area contributed by atoms with Gasteiger partial charge in [0.25, 0.3) is 0 Å². The van der Waals surface area contributed by atoms with Gasteiger partial charge in [0.05, 0.1) is 0 Å². The average Bonchev–Trinajstić information content (AvgIpc) is 2.33. The monoisotopic (exact) mass is 252 g/mol. The smallest absolute Gasteiger partial charge is 0.226 e. The summed E-state index contributed by atoms with van der Waals surface area (Å²) in [5.74, 6) is 0.287. The van der Waals surface area contributed by atoms with E-state index in [1.807, 2.05) is 0 Å². The van der Waals surface area contributed by atoms with Gasteiger partial charge < -0.3 is 10.6 Å². The summed E-state index contributed by atoms with van der Waals surface area (Å²) in [5.41, 5.74) is -0.110. The molecule has 0 aromatic heterocycles. The third-order valence-electron chi connectivity index (χ3n) is 4.88. The minimum atomic E-state index is -0.110. The first-order valence-electron chi connectivity index (χ1n) is 7.58. The Morgan fingerprint density at radius 3 is 2.44 bits per heavy atom. The lowest BCUT2D eigenvalue weighted by Crippen LogP contribution is -2.57. The van der Waals surface area contributed by atoms with Crippen molar-refractivity contribution in [2.24, 2.45) is 5.41 Å². The third-order valence-corrected chi connectivity index (χ3v) is 4.88. The summed E-state index contributed by atoms with van der Waals surface area (Å²) < 4.78 is 0. The van der Waals surface area contributed by atoms with Crippen molar-refractivity contribution < 1.29 is 4.79 Å². The molecule has 0 aromatic rings. The summed E-state index contributed by atoms with van der Waals surface area (Å²) in [6, 6.07) is 1.29. The molecule has 1 amide bonds. The third kappa shape index (κ3) is 3.05. The lowest BCUT2D eigenvalue weighted by molar-refractivity contribution is -0.133.